The molecule has 0 aromatic carbocycles. The second kappa shape index (κ2) is 6.02. The molecule has 4 heteroatoms. The molecule has 0 aliphatic rings. The van der Waals surface area contributed by atoms with Crippen molar-refractivity contribution in [1.82, 2.24) is 4.90 Å². The van der Waals surface area contributed by atoms with Crippen LogP contribution in [0.15, 0.2) is 0 Å². The van der Waals surface area contributed by atoms with E-state index in [1.54, 1.807) is 37.6 Å². The molecular formula is C11H20N2OS. The summed E-state index contributed by atoms with van der Waals surface area (Å²) in [6.07, 6.45) is 3.01. The fourth-order valence-corrected chi connectivity index (χ4v) is 1.75. The molecule has 0 aliphatic carbocycles. The molecule has 15 heavy (non-hydrogen) atoms. The predicted octanol–water partition coefficient (Wildman–Crippen LogP) is 2.14. The van der Waals surface area contributed by atoms with Crippen molar-refractivity contribution in [1.29, 1.82) is 5.26 Å². The van der Waals surface area contributed by atoms with Gasteiger partial charge in [0.05, 0.1) is 6.07 Å². The standard InChI is InChI=1S/C11H20N2OS/c1-9(6-7-15-5)13(4)10(14)11(2,3)8-12/h9H,6-7H2,1-5H3. The van der Waals surface area contributed by atoms with Crippen LogP contribution < -0.4 is 0 Å². The summed E-state index contributed by atoms with van der Waals surface area (Å²) in [5.41, 5.74) is -0.914. The van der Waals surface area contributed by atoms with Gasteiger partial charge in [-0.1, -0.05) is 0 Å². The van der Waals surface area contributed by atoms with Gasteiger partial charge in [-0.25, -0.2) is 0 Å². The second-order valence-corrected chi connectivity index (χ2v) is 5.27. The summed E-state index contributed by atoms with van der Waals surface area (Å²) >= 11 is 1.77. The molecule has 0 saturated heterocycles. The zero-order valence-electron chi connectivity index (χ0n) is 10.2. The predicted molar refractivity (Wildman–Crippen MR) is 64.6 cm³/mol. The van der Waals surface area contributed by atoms with Crippen LogP contribution in [0.2, 0.25) is 0 Å². The van der Waals surface area contributed by atoms with Crippen molar-refractivity contribution in [2.24, 2.45) is 5.41 Å². The molecule has 0 saturated carbocycles. The molecule has 0 aromatic rings. The van der Waals surface area contributed by atoms with Gasteiger partial charge in [-0.2, -0.15) is 17.0 Å². The third-order valence-corrected chi connectivity index (χ3v) is 3.18. The van der Waals surface area contributed by atoms with E-state index < -0.39 is 5.41 Å². The quantitative estimate of drug-likeness (QED) is 0.724. The number of nitrogens with zero attached hydrogens (tertiary/aromatic N) is 2. The summed E-state index contributed by atoms with van der Waals surface area (Å²) < 4.78 is 0. The summed E-state index contributed by atoms with van der Waals surface area (Å²) in [6, 6.07) is 2.23. The number of rotatable bonds is 5. The maximum Gasteiger partial charge on any atom is 0.242 e. The van der Waals surface area contributed by atoms with Gasteiger partial charge in [0.15, 0.2) is 0 Å². The molecule has 0 bridgehead atoms. The molecule has 0 aromatic heterocycles. The van der Waals surface area contributed by atoms with E-state index in [0.717, 1.165) is 12.2 Å². The summed E-state index contributed by atoms with van der Waals surface area (Å²) in [4.78, 5) is 13.6. The molecule has 1 atom stereocenters. The van der Waals surface area contributed by atoms with Gasteiger partial charge in [0.1, 0.15) is 5.41 Å². The van der Waals surface area contributed by atoms with Crippen molar-refractivity contribution in [3.05, 3.63) is 0 Å². The van der Waals surface area contributed by atoms with Crippen molar-refractivity contribution < 1.29 is 4.79 Å². The van der Waals surface area contributed by atoms with Crippen LogP contribution in [0.3, 0.4) is 0 Å². The van der Waals surface area contributed by atoms with Crippen LogP contribution in [-0.2, 0) is 4.79 Å². The van der Waals surface area contributed by atoms with Crippen molar-refractivity contribution in [3.8, 4) is 6.07 Å². The van der Waals surface area contributed by atoms with Crippen LogP contribution >= 0.6 is 11.8 Å². The highest BCUT2D eigenvalue weighted by Gasteiger charge is 2.31. The summed E-state index contributed by atoms with van der Waals surface area (Å²) in [5, 5.41) is 8.87. The molecule has 0 rings (SSSR count). The monoisotopic (exact) mass is 228 g/mol. The molecule has 86 valence electrons. The molecule has 0 N–H and O–H groups in total. The first kappa shape index (κ1) is 14.3. The lowest BCUT2D eigenvalue weighted by atomic mass is 9.93. The van der Waals surface area contributed by atoms with Gasteiger partial charge in [-0.15, -0.1) is 0 Å². The number of carbonyl (C=O) groups excluding carboxylic acids is 1. The van der Waals surface area contributed by atoms with Crippen LogP contribution in [0.1, 0.15) is 27.2 Å². The van der Waals surface area contributed by atoms with E-state index in [0.29, 0.717) is 0 Å². The Morgan fingerprint density at radius 1 is 1.60 bits per heavy atom. The Morgan fingerprint density at radius 3 is 2.53 bits per heavy atom. The van der Waals surface area contributed by atoms with Gasteiger partial charge < -0.3 is 4.90 Å². The maximum atomic E-state index is 11.9. The SMILES string of the molecule is CSCCC(C)N(C)C(=O)C(C)(C)C#N. The lowest BCUT2D eigenvalue weighted by Crippen LogP contribution is -2.42. The van der Waals surface area contributed by atoms with Crippen LogP contribution in [-0.4, -0.2) is 35.9 Å². The van der Waals surface area contributed by atoms with Crippen LogP contribution in [0.25, 0.3) is 0 Å². The Balaban J connectivity index is 4.39. The normalized spacial score (nSPS) is 13.1. The van der Waals surface area contributed by atoms with Gasteiger partial charge in [0.25, 0.3) is 0 Å². The third-order valence-electron chi connectivity index (χ3n) is 2.54. The highest BCUT2D eigenvalue weighted by Crippen LogP contribution is 2.19. The lowest BCUT2D eigenvalue weighted by molar-refractivity contribution is -0.138. The van der Waals surface area contributed by atoms with Crippen molar-refractivity contribution >= 4 is 17.7 Å². The highest BCUT2D eigenvalue weighted by molar-refractivity contribution is 7.98. The number of hydrogen-bond donors (Lipinski definition) is 0. The maximum absolute atomic E-state index is 11.9. The number of nitriles is 1. The van der Waals surface area contributed by atoms with E-state index in [1.165, 1.54) is 0 Å². The number of thioether (sulfide) groups is 1. The minimum atomic E-state index is -0.914. The zero-order chi connectivity index (χ0) is 12.1. The average Bonchev–Trinajstić information content (AvgIpc) is 2.23. The smallest absolute Gasteiger partial charge is 0.242 e. The zero-order valence-corrected chi connectivity index (χ0v) is 11.0. The summed E-state index contributed by atoms with van der Waals surface area (Å²) in [5.74, 6) is 0.935. The topological polar surface area (TPSA) is 44.1 Å². The van der Waals surface area contributed by atoms with Gasteiger partial charge >= 0.3 is 0 Å². The van der Waals surface area contributed by atoms with Gasteiger partial charge in [0, 0.05) is 13.1 Å². The largest absolute Gasteiger partial charge is 0.342 e. The van der Waals surface area contributed by atoms with Crippen molar-refractivity contribution in [2.45, 2.75) is 33.2 Å². The minimum absolute atomic E-state index is 0.0985. The van der Waals surface area contributed by atoms with Crippen molar-refractivity contribution in [3.63, 3.8) is 0 Å². The highest BCUT2D eigenvalue weighted by atomic mass is 32.2. The number of amides is 1. The van der Waals surface area contributed by atoms with Crippen molar-refractivity contribution in [2.75, 3.05) is 19.1 Å². The molecule has 0 fully saturated rings. The Hall–Kier alpha value is -0.690. The number of hydrogen-bond acceptors (Lipinski definition) is 3. The Morgan fingerprint density at radius 2 is 2.13 bits per heavy atom. The molecule has 0 aliphatic heterocycles. The van der Waals surface area contributed by atoms with E-state index in [-0.39, 0.29) is 11.9 Å². The van der Waals surface area contributed by atoms with E-state index in [1.807, 2.05) is 19.2 Å². The van der Waals surface area contributed by atoms with Gasteiger partial charge in [-0.3, -0.25) is 4.79 Å². The van der Waals surface area contributed by atoms with Crippen LogP contribution in [0.5, 0.6) is 0 Å². The molecule has 3 nitrogen and oxygen atoms in total. The first-order valence-corrected chi connectivity index (χ1v) is 6.43. The van der Waals surface area contributed by atoms with E-state index in [2.05, 4.69) is 0 Å². The number of carbonyl (C=O) groups is 1. The average molecular weight is 228 g/mol. The lowest BCUT2D eigenvalue weighted by Gasteiger charge is -2.29. The molecule has 0 spiro atoms. The summed E-state index contributed by atoms with van der Waals surface area (Å²) in [7, 11) is 1.77. The van der Waals surface area contributed by atoms with E-state index in [4.69, 9.17) is 5.26 Å². The molecule has 0 radical (unpaired) electrons. The fraction of sp³-hybridized carbons (Fsp3) is 0.818. The first-order chi connectivity index (χ1) is 6.86. The Kier molecular flexibility index (Phi) is 5.74. The summed E-state index contributed by atoms with van der Waals surface area (Å²) in [6.45, 7) is 5.34. The van der Waals surface area contributed by atoms with Gasteiger partial charge in [-0.05, 0) is 39.2 Å². The molecular weight excluding hydrogens is 208 g/mol. The van der Waals surface area contributed by atoms with E-state index >= 15 is 0 Å². The molecule has 1 amide bonds. The van der Waals surface area contributed by atoms with Crippen LogP contribution in [0, 0.1) is 16.7 Å². The van der Waals surface area contributed by atoms with Gasteiger partial charge in [0.2, 0.25) is 5.91 Å². The first-order valence-electron chi connectivity index (χ1n) is 5.04. The van der Waals surface area contributed by atoms with E-state index in [9.17, 15) is 4.79 Å². The second-order valence-electron chi connectivity index (χ2n) is 4.28. The molecule has 1 unspecified atom stereocenters. The van der Waals surface area contributed by atoms with Crippen LogP contribution in [0.4, 0.5) is 0 Å². The Labute approximate surface area is 96.8 Å². The Bertz CT molecular complexity index is 258. The fourth-order valence-electron chi connectivity index (χ4n) is 1.17. The molecule has 0 heterocycles. The third kappa shape index (κ3) is 4.13. The minimum Gasteiger partial charge on any atom is -0.342 e.